The van der Waals surface area contributed by atoms with Crippen LogP contribution < -0.4 is 0 Å². The highest BCUT2D eigenvalue weighted by molar-refractivity contribution is 5.74. The van der Waals surface area contributed by atoms with Gasteiger partial charge in [0, 0.05) is 12.5 Å². The quantitative estimate of drug-likeness (QED) is 0.654. The van der Waals surface area contributed by atoms with Crippen molar-refractivity contribution in [3.05, 3.63) is 42.0 Å². The fourth-order valence-corrected chi connectivity index (χ4v) is 3.16. The summed E-state index contributed by atoms with van der Waals surface area (Å²) in [6.07, 6.45) is 1.27. The first kappa shape index (κ1) is 12.4. The zero-order valence-electron chi connectivity index (χ0n) is 11.2. The fraction of sp³-hybridized carbons (Fsp3) is 0.500. The molecule has 1 aliphatic heterocycles. The van der Waals surface area contributed by atoms with Crippen molar-refractivity contribution in [1.29, 1.82) is 0 Å². The highest BCUT2D eigenvalue weighted by Gasteiger charge is 2.37. The molecule has 1 heteroatoms. The molecule has 2 unspecified atom stereocenters. The molecule has 0 radical (unpaired) electrons. The zero-order valence-corrected chi connectivity index (χ0v) is 11.2. The second-order valence-corrected chi connectivity index (χ2v) is 4.88. The van der Waals surface area contributed by atoms with Gasteiger partial charge in [0.15, 0.2) is 0 Å². The van der Waals surface area contributed by atoms with Crippen LogP contribution in [0.15, 0.2) is 30.8 Å². The van der Waals surface area contributed by atoms with E-state index in [0.717, 1.165) is 0 Å². The van der Waals surface area contributed by atoms with Crippen molar-refractivity contribution in [3.8, 4) is 0 Å². The van der Waals surface area contributed by atoms with Gasteiger partial charge in [-0.25, -0.2) is 0 Å². The van der Waals surface area contributed by atoms with E-state index in [1.807, 2.05) is 13.8 Å². The average molecular weight is 229 g/mol. The Balaban J connectivity index is 0.000000514. The van der Waals surface area contributed by atoms with E-state index in [0.29, 0.717) is 11.8 Å². The van der Waals surface area contributed by atoms with Gasteiger partial charge in [-0.1, -0.05) is 44.7 Å². The van der Waals surface area contributed by atoms with Gasteiger partial charge in [-0.15, -0.1) is 0 Å². The Hall–Kier alpha value is -1.08. The molecule has 0 spiro atoms. The Morgan fingerprint density at radius 1 is 1.18 bits per heavy atom. The van der Waals surface area contributed by atoms with Gasteiger partial charge in [0.05, 0.1) is 0 Å². The molecule has 1 aromatic carbocycles. The van der Waals surface area contributed by atoms with Crippen molar-refractivity contribution in [3.63, 3.8) is 0 Å². The molecule has 0 amide bonds. The second kappa shape index (κ2) is 5.05. The Bertz CT molecular complexity index is 408. The summed E-state index contributed by atoms with van der Waals surface area (Å²) >= 11 is 0. The Kier molecular flexibility index (Phi) is 3.68. The summed E-state index contributed by atoms with van der Waals surface area (Å²) in [4.78, 5) is 2.44. The molecule has 17 heavy (non-hydrogen) atoms. The molecule has 0 N–H and O–H groups in total. The lowest BCUT2D eigenvalue weighted by atomic mass is 9.85. The lowest BCUT2D eigenvalue weighted by molar-refractivity contribution is 0.225. The van der Waals surface area contributed by atoms with E-state index in [1.54, 1.807) is 0 Å². The number of hydrogen-bond acceptors (Lipinski definition) is 1. The minimum Gasteiger partial charge on any atom is -0.306 e. The summed E-state index contributed by atoms with van der Waals surface area (Å²) in [6, 6.07) is 8.80. The lowest BCUT2D eigenvalue weighted by Crippen LogP contribution is -2.34. The van der Waals surface area contributed by atoms with Crippen LogP contribution in [-0.4, -0.2) is 25.0 Å². The number of nitrogens with zero attached hydrogens (tertiary/aromatic N) is 1. The number of rotatable bonds is 0. The molecule has 1 fully saturated rings. The first-order chi connectivity index (χ1) is 8.27. The monoisotopic (exact) mass is 229 g/mol. The largest absolute Gasteiger partial charge is 0.306 e. The molecule has 2 aliphatic rings. The molecule has 1 saturated heterocycles. The van der Waals surface area contributed by atoms with E-state index in [4.69, 9.17) is 0 Å². The zero-order chi connectivity index (χ0) is 12.4. The van der Waals surface area contributed by atoms with Gasteiger partial charge in [0.1, 0.15) is 0 Å². The Morgan fingerprint density at radius 2 is 1.88 bits per heavy atom. The van der Waals surface area contributed by atoms with Gasteiger partial charge in [-0.2, -0.15) is 0 Å². The standard InChI is InChI=1S/C14H17N.C2H6/c1-10-11-5-3-4-6-13(11)14-9-15(2)8-7-12(10)14;1-2/h3-6,12,14H,1,7-9H2,2H3;1-2H3. The van der Waals surface area contributed by atoms with Crippen molar-refractivity contribution < 1.29 is 0 Å². The SMILES string of the molecule is C=C1c2ccccc2C2CN(C)CCC12.CC. The summed E-state index contributed by atoms with van der Waals surface area (Å²) in [6.45, 7) is 10.7. The lowest BCUT2D eigenvalue weighted by Gasteiger charge is -2.33. The number of hydrogen-bond donors (Lipinski definition) is 0. The average Bonchev–Trinajstić information content (AvgIpc) is 2.66. The van der Waals surface area contributed by atoms with Gasteiger partial charge in [0.2, 0.25) is 0 Å². The second-order valence-electron chi connectivity index (χ2n) is 4.88. The summed E-state index contributed by atoms with van der Waals surface area (Å²) in [5, 5.41) is 0. The predicted molar refractivity (Wildman–Crippen MR) is 75.2 cm³/mol. The number of piperidine rings is 1. The van der Waals surface area contributed by atoms with E-state index >= 15 is 0 Å². The molecule has 1 nitrogen and oxygen atoms in total. The number of benzene rings is 1. The molecule has 3 rings (SSSR count). The molecule has 0 bridgehead atoms. The minimum atomic E-state index is 0.701. The molecular weight excluding hydrogens is 206 g/mol. The van der Waals surface area contributed by atoms with E-state index < -0.39 is 0 Å². The van der Waals surface area contributed by atoms with E-state index in [2.05, 4.69) is 42.8 Å². The van der Waals surface area contributed by atoms with Gasteiger partial charge in [-0.3, -0.25) is 0 Å². The molecule has 92 valence electrons. The van der Waals surface area contributed by atoms with Crippen LogP contribution in [0.3, 0.4) is 0 Å². The molecule has 0 aromatic heterocycles. The van der Waals surface area contributed by atoms with E-state index in [1.165, 1.54) is 36.2 Å². The summed E-state index contributed by atoms with van der Waals surface area (Å²) in [5.74, 6) is 1.41. The van der Waals surface area contributed by atoms with Gasteiger partial charge < -0.3 is 4.90 Å². The number of likely N-dealkylation sites (tertiary alicyclic amines) is 1. The number of allylic oxidation sites excluding steroid dienone is 1. The normalized spacial score (nSPS) is 26.9. The van der Waals surface area contributed by atoms with E-state index in [-0.39, 0.29) is 0 Å². The molecular formula is C16H23N. The molecule has 1 heterocycles. The first-order valence-corrected chi connectivity index (χ1v) is 6.74. The number of fused-ring (bicyclic) bond motifs is 3. The van der Waals surface area contributed by atoms with Gasteiger partial charge in [-0.05, 0) is 42.6 Å². The summed E-state index contributed by atoms with van der Waals surface area (Å²) in [5.41, 5.74) is 4.32. The minimum absolute atomic E-state index is 0.701. The van der Waals surface area contributed by atoms with Crippen LogP contribution in [0.4, 0.5) is 0 Å². The Labute approximate surface area is 105 Å². The maximum absolute atomic E-state index is 4.29. The molecule has 1 aliphatic carbocycles. The van der Waals surface area contributed by atoms with Crippen LogP contribution in [0, 0.1) is 5.92 Å². The van der Waals surface area contributed by atoms with Crippen LogP contribution in [0.25, 0.3) is 5.57 Å². The first-order valence-electron chi connectivity index (χ1n) is 6.74. The van der Waals surface area contributed by atoms with E-state index in [9.17, 15) is 0 Å². The summed E-state index contributed by atoms with van der Waals surface area (Å²) in [7, 11) is 2.22. The third-order valence-electron chi connectivity index (χ3n) is 3.97. The van der Waals surface area contributed by atoms with Crippen molar-refractivity contribution >= 4 is 5.57 Å². The maximum Gasteiger partial charge on any atom is 0.00533 e. The fourth-order valence-electron chi connectivity index (χ4n) is 3.16. The maximum atomic E-state index is 4.29. The van der Waals surface area contributed by atoms with Crippen LogP contribution >= 0.6 is 0 Å². The Morgan fingerprint density at radius 3 is 2.65 bits per heavy atom. The van der Waals surface area contributed by atoms with Crippen LogP contribution in [-0.2, 0) is 0 Å². The molecule has 0 saturated carbocycles. The van der Waals surface area contributed by atoms with Gasteiger partial charge >= 0.3 is 0 Å². The highest BCUT2D eigenvalue weighted by atomic mass is 15.1. The topological polar surface area (TPSA) is 3.24 Å². The third kappa shape index (κ3) is 2.04. The molecule has 1 aromatic rings. The van der Waals surface area contributed by atoms with Crippen LogP contribution in [0.1, 0.15) is 37.3 Å². The van der Waals surface area contributed by atoms with Gasteiger partial charge in [0.25, 0.3) is 0 Å². The third-order valence-corrected chi connectivity index (χ3v) is 3.97. The van der Waals surface area contributed by atoms with Crippen molar-refractivity contribution in [2.24, 2.45) is 5.92 Å². The van der Waals surface area contributed by atoms with Crippen LogP contribution in [0.5, 0.6) is 0 Å². The van der Waals surface area contributed by atoms with Crippen molar-refractivity contribution in [1.82, 2.24) is 4.90 Å². The smallest absolute Gasteiger partial charge is 0.00533 e. The van der Waals surface area contributed by atoms with Crippen molar-refractivity contribution in [2.75, 3.05) is 20.1 Å². The highest BCUT2D eigenvalue weighted by Crippen LogP contribution is 2.48. The molecule has 2 atom stereocenters. The summed E-state index contributed by atoms with van der Waals surface area (Å²) < 4.78 is 0. The predicted octanol–water partition coefficient (Wildman–Crippen LogP) is 3.77. The van der Waals surface area contributed by atoms with Crippen molar-refractivity contribution in [2.45, 2.75) is 26.2 Å². The number of likely N-dealkylation sites (N-methyl/N-ethyl adjacent to an activating group) is 1. The van der Waals surface area contributed by atoms with Crippen LogP contribution in [0.2, 0.25) is 0 Å².